The molecule has 0 bridgehead atoms. The molecule has 1 aromatic heterocycles. The number of hydrogen-bond donors (Lipinski definition) is 7. The topological polar surface area (TPSA) is 222 Å². The van der Waals surface area contributed by atoms with Gasteiger partial charge in [-0.05, 0) is 19.3 Å². The number of aliphatic carboxylic acids is 1. The van der Waals surface area contributed by atoms with E-state index in [4.69, 9.17) is 11.5 Å². The summed E-state index contributed by atoms with van der Waals surface area (Å²) in [5.41, 5.74) is 11.5. The van der Waals surface area contributed by atoms with Crippen LogP contribution in [0.5, 0.6) is 0 Å². The summed E-state index contributed by atoms with van der Waals surface area (Å²) in [7, 11) is 0. The number of aromatic amines is 1. The Balaban J connectivity index is 2.69. The Hall–Kier alpha value is -3.48. The number of hydrogen-bond acceptors (Lipinski definition) is 7. The van der Waals surface area contributed by atoms with Gasteiger partial charge in [0.1, 0.15) is 18.1 Å². The van der Waals surface area contributed by atoms with Crippen molar-refractivity contribution in [1.82, 2.24) is 25.9 Å². The molecule has 0 spiro atoms. The van der Waals surface area contributed by atoms with Crippen LogP contribution >= 0.6 is 0 Å². The van der Waals surface area contributed by atoms with Crippen molar-refractivity contribution in [3.63, 3.8) is 0 Å². The van der Waals surface area contributed by atoms with E-state index in [-0.39, 0.29) is 19.3 Å². The van der Waals surface area contributed by atoms with Gasteiger partial charge in [0.2, 0.25) is 23.6 Å². The predicted molar refractivity (Wildman–Crippen MR) is 113 cm³/mol. The first-order valence-corrected chi connectivity index (χ1v) is 10.1. The van der Waals surface area contributed by atoms with E-state index in [0.717, 1.165) is 0 Å². The molecule has 0 aliphatic carbocycles. The Morgan fingerprint density at radius 2 is 1.72 bits per heavy atom. The molecular formula is C19H31N7O6. The number of primary amides is 1. The standard InChI is InChI=1S/C19H31N7O6/c1-9(2)15(18(30)25-13(19(31)32)4-5-14(21)27)26-16(28)10(3)24-17(29)12(20)6-11-7-22-8-23-11/h7-10,12-13,15H,4-6,20H2,1-3H3,(H2,21,27)(H,22,23)(H,24,29)(H,25,30)(H,26,28)(H,31,32). The quantitative estimate of drug-likeness (QED) is 0.172. The van der Waals surface area contributed by atoms with Gasteiger partial charge in [-0.1, -0.05) is 13.8 Å². The van der Waals surface area contributed by atoms with E-state index in [1.165, 1.54) is 19.4 Å². The first-order chi connectivity index (χ1) is 14.9. The number of carboxylic acid groups (broad SMARTS) is 1. The number of carboxylic acids is 1. The van der Waals surface area contributed by atoms with Crippen molar-refractivity contribution in [3.8, 4) is 0 Å². The fourth-order valence-electron chi connectivity index (χ4n) is 2.73. The smallest absolute Gasteiger partial charge is 0.326 e. The van der Waals surface area contributed by atoms with Crippen molar-refractivity contribution in [2.45, 2.75) is 64.2 Å². The third kappa shape index (κ3) is 8.71. The Morgan fingerprint density at radius 1 is 1.06 bits per heavy atom. The summed E-state index contributed by atoms with van der Waals surface area (Å²) in [4.78, 5) is 66.3. The van der Waals surface area contributed by atoms with Crippen LogP contribution < -0.4 is 27.4 Å². The van der Waals surface area contributed by atoms with Gasteiger partial charge in [-0.2, -0.15) is 0 Å². The van der Waals surface area contributed by atoms with E-state index in [9.17, 15) is 29.1 Å². The van der Waals surface area contributed by atoms with Gasteiger partial charge in [-0.25, -0.2) is 9.78 Å². The molecule has 13 nitrogen and oxygen atoms in total. The summed E-state index contributed by atoms with van der Waals surface area (Å²) in [6, 6.07) is -4.34. The van der Waals surface area contributed by atoms with Crippen LogP contribution in [0.1, 0.15) is 39.3 Å². The van der Waals surface area contributed by atoms with Crippen LogP contribution in [0, 0.1) is 5.92 Å². The summed E-state index contributed by atoms with van der Waals surface area (Å²) in [5, 5.41) is 16.5. The molecule has 4 amide bonds. The molecule has 0 radical (unpaired) electrons. The third-order valence-electron chi connectivity index (χ3n) is 4.62. The highest BCUT2D eigenvalue weighted by molar-refractivity contribution is 5.94. The molecule has 13 heteroatoms. The minimum Gasteiger partial charge on any atom is -0.480 e. The molecule has 1 rings (SSSR count). The zero-order valence-corrected chi connectivity index (χ0v) is 18.3. The van der Waals surface area contributed by atoms with Crippen molar-refractivity contribution in [2.24, 2.45) is 17.4 Å². The van der Waals surface area contributed by atoms with E-state index in [2.05, 4.69) is 25.9 Å². The molecular weight excluding hydrogens is 422 g/mol. The number of H-pyrrole nitrogens is 1. The average Bonchev–Trinajstić information content (AvgIpc) is 3.20. The lowest BCUT2D eigenvalue weighted by Crippen LogP contribution is -2.58. The van der Waals surface area contributed by atoms with Crippen LogP contribution in [0.2, 0.25) is 0 Å². The molecule has 178 valence electrons. The maximum atomic E-state index is 12.6. The number of imidazole rings is 1. The molecule has 0 saturated carbocycles. The van der Waals surface area contributed by atoms with Crippen LogP contribution in [0.25, 0.3) is 0 Å². The van der Waals surface area contributed by atoms with E-state index in [0.29, 0.717) is 5.69 Å². The molecule has 1 heterocycles. The fourth-order valence-corrected chi connectivity index (χ4v) is 2.73. The Bertz CT molecular complexity index is 811. The number of nitrogens with zero attached hydrogens (tertiary/aromatic N) is 1. The van der Waals surface area contributed by atoms with Crippen molar-refractivity contribution in [2.75, 3.05) is 0 Å². The van der Waals surface area contributed by atoms with Crippen molar-refractivity contribution < 1.29 is 29.1 Å². The van der Waals surface area contributed by atoms with Gasteiger partial charge < -0.3 is 37.5 Å². The molecule has 32 heavy (non-hydrogen) atoms. The highest BCUT2D eigenvalue weighted by atomic mass is 16.4. The molecule has 0 aromatic carbocycles. The van der Waals surface area contributed by atoms with Crippen molar-refractivity contribution in [3.05, 3.63) is 18.2 Å². The Labute approximate surface area is 185 Å². The Morgan fingerprint density at radius 3 is 2.22 bits per heavy atom. The van der Waals surface area contributed by atoms with Gasteiger partial charge in [-0.15, -0.1) is 0 Å². The summed E-state index contributed by atoms with van der Waals surface area (Å²) in [6.45, 7) is 4.75. The monoisotopic (exact) mass is 453 g/mol. The molecule has 4 atom stereocenters. The second kappa shape index (κ2) is 12.4. The van der Waals surface area contributed by atoms with Gasteiger partial charge in [0.15, 0.2) is 0 Å². The Kier molecular flexibility index (Phi) is 10.3. The van der Waals surface area contributed by atoms with E-state index < -0.39 is 59.7 Å². The summed E-state index contributed by atoms with van der Waals surface area (Å²) < 4.78 is 0. The summed E-state index contributed by atoms with van der Waals surface area (Å²) >= 11 is 0. The second-order valence-electron chi connectivity index (χ2n) is 7.75. The van der Waals surface area contributed by atoms with Crippen LogP contribution in [0.3, 0.4) is 0 Å². The van der Waals surface area contributed by atoms with Gasteiger partial charge in [-0.3, -0.25) is 19.2 Å². The molecule has 4 unspecified atom stereocenters. The van der Waals surface area contributed by atoms with E-state index >= 15 is 0 Å². The molecule has 0 saturated heterocycles. The number of nitrogens with two attached hydrogens (primary N) is 2. The minimum atomic E-state index is -1.34. The average molecular weight is 454 g/mol. The molecule has 0 aliphatic rings. The largest absolute Gasteiger partial charge is 0.480 e. The molecule has 9 N–H and O–H groups in total. The number of nitrogens with one attached hydrogen (secondary N) is 4. The zero-order valence-electron chi connectivity index (χ0n) is 18.3. The van der Waals surface area contributed by atoms with Crippen LogP contribution in [-0.2, 0) is 30.4 Å². The molecule has 0 aliphatic heterocycles. The highest BCUT2D eigenvalue weighted by Gasteiger charge is 2.30. The van der Waals surface area contributed by atoms with Crippen molar-refractivity contribution >= 4 is 29.6 Å². The number of rotatable bonds is 13. The van der Waals surface area contributed by atoms with E-state index in [1.54, 1.807) is 13.8 Å². The van der Waals surface area contributed by atoms with Gasteiger partial charge in [0.05, 0.1) is 12.4 Å². The number of amides is 4. The lowest BCUT2D eigenvalue weighted by Gasteiger charge is -2.26. The second-order valence-corrected chi connectivity index (χ2v) is 7.75. The maximum absolute atomic E-state index is 12.6. The number of carbonyl (C=O) groups is 5. The van der Waals surface area contributed by atoms with Crippen molar-refractivity contribution in [1.29, 1.82) is 0 Å². The predicted octanol–water partition coefficient (Wildman–Crippen LogP) is -2.24. The lowest BCUT2D eigenvalue weighted by molar-refractivity contribution is -0.143. The first kappa shape index (κ1) is 26.6. The van der Waals surface area contributed by atoms with Crippen LogP contribution in [-0.4, -0.2) is 68.8 Å². The van der Waals surface area contributed by atoms with Crippen LogP contribution in [0.4, 0.5) is 0 Å². The van der Waals surface area contributed by atoms with Gasteiger partial charge in [0, 0.05) is 24.7 Å². The van der Waals surface area contributed by atoms with Crippen LogP contribution in [0.15, 0.2) is 12.5 Å². The van der Waals surface area contributed by atoms with E-state index in [1.807, 2.05) is 0 Å². The van der Waals surface area contributed by atoms with Gasteiger partial charge >= 0.3 is 5.97 Å². The molecule has 0 fully saturated rings. The lowest BCUT2D eigenvalue weighted by atomic mass is 10.0. The zero-order chi connectivity index (χ0) is 24.4. The number of carbonyl (C=O) groups excluding carboxylic acids is 4. The third-order valence-corrected chi connectivity index (χ3v) is 4.62. The molecule has 1 aromatic rings. The summed E-state index contributed by atoms with van der Waals surface area (Å²) in [6.07, 6.45) is 2.77. The summed E-state index contributed by atoms with van der Waals surface area (Å²) in [5.74, 6) is -4.38. The number of aromatic nitrogens is 2. The minimum absolute atomic E-state index is 0.185. The normalized spacial score (nSPS) is 14.7. The SMILES string of the molecule is CC(NC(=O)C(N)Cc1cnc[nH]1)C(=O)NC(C(=O)NC(CCC(N)=O)C(=O)O)C(C)C. The highest BCUT2D eigenvalue weighted by Crippen LogP contribution is 2.06. The fraction of sp³-hybridized carbons (Fsp3) is 0.579. The van der Waals surface area contributed by atoms with Gasteiger partial charge in [0.25, 0.3) is 0 Å². The maximum Gasteiger partial charge on any atom is 0.326 e. The first-order valence-electron chi connectivity index (χ1n) is 10.1.